The molecule has 0 bridgehead atoms. The lowest BCUT2D eigenvalue weighted by Gasteiger charge is -2.11. The van der Waals surface area contributed by atoms with Gasteiger partial charge in [0.1, 0.15) is 6.61 Å². The minimum Gasteiger partial charge on any atom is -0.485 e. The first-order valence-electron chi connectivity index (χ1n) is 5.55. The van der Waals surface area contributed by atoms with E-state index in [1.54, 1.807) is 12.1 Å². The highest BCUT2D eigenvalue weighted by Gasteiger charge is 2.08. The molecule has 0 spiro atoms. The van der Waals surface area contributed by atoms with Gasteiger partial charge in [-0.15, -0.1) is 0 Å². The van der Waals surface area contributed by atoms with Crippen molar-refractivity contribution < 1.29 is 9.13 Å². The van der Waals surface area contributed by atoms with Crippen molar-refractivity contribution in [1.82, 2.24) is 0 Å². The second-order valence-corrected chi connectivity index (χ2v) is 5.09. The number of hydrogen-bond acceptors (Lipinski definition) is 2. The topological polar surface area (TPSA) is 35.2 Å². The van der Waals surface area contributed by atoms with E-state index in [1.165, 1.54) is 6.07 Å². The van der Waals surface area contributed by atoms with Crippen LogP contribution >= 0.6 is 22.6 Å². The van der Waals surface area contributed by atoms with Gasteiger partial charge in [-0.1, -0.05) is 24.3 Å². The van der Waals surface area contributed by atoms with E-state index in [0.29, 0.717) is 12.2 Å². The summed E-state index contributed by atoms with van der Waals surface area (Å²) < 4.78 is 20.3. The van der Waals surface area contributed by atoms with Crippen molar-refractivity contribution in [2.24, 2.45) is 5.73 Å². The molecular formula is C14H13FINO. The Bertz CT molecular complexity index is 528. The molecule has 2 aromatic carbocycles. The van der Waals surface area contributed by atoms with Crippen molar-refractivity contribution in [1.29, 1.82) is 0 Å². The number of benzene rings is 2. The fourth-order valence-corrected chi connectivity index (χ4v) is 1.97. The van der Waals surface area contributed by atoms with Gasteiger partial charge < -0.3 is 10.5 Å². The van der Waals surface area contributed by atoms with Gasteiger partial charge in [0.25, 0.3) is 0 Å². The summed E-state index contributed by atoms with van der Waals surface area (Å²) in [5.74, 6) is -0.123. The molecule has 0 aliphatic carbocycles. The molecule has 0 fully saturated rings. The zero-order valence-electron chi connectivity index (χ0n) is 9.70. The van der Waals surface area contributed by atoms with Crippen LogP contribution in [0.15, 0.2) is 42.5 Å². The molecule has 0 atom stereocenters. The summed E-state index contributed by atoms with van der Waals surface area (Å²) in [6.45, 7) is 0.602. The van der Waals surface area contributed by atoms with Crippen molar-refractivity contribution in [3.8, 4) is 5.75 Å². The smallest absolute Gasteiger partial charge is 0.165 e. The highest BCUT2D eigenvalue weighted by molar-refractivity contribution is 14.1. The van der Waals surface area contributed by atoms with E-state index in [1.807, 2.05) is 24.3 Å². The zero-order valence-corrected chi connectivity index (χ0v) is 11.9. The molecule has 94 valence electrons. The molecule has 0 unspecified atom stereocenters. The summed E-state index contributed by atoms with van der Waals surface area (Å²) in [5.41, 5.74) is 7.24. The van der Waals surface area contributed by atoms with E-state index >= 15 is 0 Å². The minimum atomic E-state index is -0.372. The number of halogens is 2. The van der Waals surface area contributed by atoms with Crippen LogP contribution in [-0.4, -0.2) is 0 Å². The van der Waals surface area contributed by atoms with Crippen LogP contribution in [0.25, 0.3) is 0 Å². The molecule has 4 heteroatoms. The highest BCUT2D eigenvalue weighted by Crippen LogP contribution is 2.23. The van der Waals surface area contributed by atoms with Crippen molar-refractivity contribution in [3.63, 3.8) is 0 Å². The molecule has 2 nitrogen and oxygen atoms in total. The molecule has 2 rings (SSSR count). The summed E-state index contributed by atoms with van der Waals surface area (Å²) in [5, 5.41) is 0. The van der Waals surface area contributed by atoms with Crippen LogP contribution in [0.5, 0.6) is 5.75 Å². The Morgan fingerprint density at radius 2 is 1.83 bits per heavy atom. The number of hydrogen-bond donors (Lipinski definition) is 1. The van der Waals surface area contributed by atoms with Gasteiger partial charge in [-0.25, -0.2) is 4.39 Å². The predicted octanol–water partition coefficient (Wildman–Crippen LogP) is 3.47. The van der Waals surface area contributed by atoms with Crippen molar-refractivity contribution in [3.05, 3.63) is 63.0 Å². The van der Waals surface area contributed by atoms with E-state index in [0.717, 1.165) is 9.13 Å². The van der Waals surface area contributed by atoms with Gasteiger partial charge in [-0.05, 0) is 46.4 Å². The molecule has 2 aromatic rings. The Hall–Kier alpha value is -1.14. The predicted molar refractivity (Wildman–Crippen MR) is 77.8 cm³/mol. The Morgan fingerprint density at radius 1 is 1.11 bits per heavy atom. The van der Waals surface area contributed by atoms with E-state index in [2.05, 4.69) is 22.6 Å². The van der Waals surface area contributed by atoms with Gasteiger partial charge in [0.15, 0.2) is 11.6 Å². The van der Waals surface area contributed by atoms with Gasteiger partial charge in [0.2, 0.25) is 0 Å². The molecule has 0 aromatic heterocycles. The van der Waals surface area contributed by atoms with Crippen molar-refractivity contribution >= 4 is 22.6 Å². The van der Waals surface area contributed by atoms with Crippen molar-refractivity contribution in [2.75, 3.05) is 0 Å². The van der Waals surface area contributed by atoms with Crippen molar-refractivity contribution in [2.45, 2.75) is 13.2 Å². The third kappa shape index (κ3) is 3.20. The third-order valence-corrected chi connectivity index (χ3v) is 3.28. The largest absolute Gasteiger partial charge is 0.485 e. The molecular weight excluding hydrogens is 344 g/mol. The maximum Gasteiger partial charge on any atom is 0.165 e. The number of para-hydroxylation sites is 1. The lowest BCUT2D eigenvalue weighted by atomic mass is 10.2. The van der Waals surface area contributed by atoms with Crippen LogP contribution in [0.1, 0.15) is 11.1 Å². The summed E-state index contributed by atoms with van der Waals surface area (Å²) in [6, 6.07) is 12.7. The maximum absolute atomic E-state index is 13.6. The van der Waals surface area contributed by atoms with Crippen LogP contribution in [-0.2, 0) is 13.2 Å². The minimum absolute atomic E-state index is 0.249. The first-order chi connectivity index (χ1) is 8.70. The molecule has 0 radical (unpaired) electrons. The van der Waals surface area contributed by atoms with E-state index in [4.69, 9.17) is 10.5 Å². The SMILES string of the molecule is NCc1cccc(F)c1OCc1ccc(I)cc1. The van der Waals surface area contributed by atoms with E-state index < -0.39 is 0 Å². The summed E-state index contributed by atoms with van der Waals surface area (Å²) >= 11 is 2.24. The molecule has 0 heterocycles. The second kappa shape index (κ2) is 6.15. The number of rotatable bonds is 4. The van der Waals surface area contributed by atoms with Gasteiger partial charge in [-0.2, -0.15) is 0 Å². The number of ether oxygens (including phenoxy) is 1. The second-order valence-electron chi connectivity index (χ2n) is 3.85. The molecule has 0 saturated carbocycles. The lowest BCUT2D eigenvalue weighted by molar-refractivity contribution is 0.287. The third-order valence-electron chi connectivity index (χ3n) is 2.56. The molecule has 0 aliphatic heterocycles. The summed E-state index contributed by atoms with van der Waals surface area (Å²) in [7, 11) is 0. The number of nitrogens with two attached hydrogens (primary N) is 1. The quantitative estimate of drug-likeness (QED) is 0.851. The average molecular weight is 357 g/mol. The van der Waals surface area contributed by atoms with Crippen LogP contribution in [0.2, 0.25) is 0 Å². The first kappa shape index (κ1) is 13.3. The normalized spacial score (nSPS) is 10.4. The van der Waals surface area contributed by atoms with Gasteiger partial charge in [0, 0.05) is 15.7 Å². The summed E-state index contributed by atoms with van der Waals surface area (Å²) in [6.07, 6.45) is 0. The summed E-state index contributed by atoms with van der Waals surface area (Å²) in [4.78, 5) is 0. The Labute approximate surface area is 119 Å². The van der Waals surface area contributed by atoms with Gasteiger partial charge in [-0.3, -0.25) is 0 Å². The molecule has 18 heavy (non-hydrogen) atoms. The molecule has 0 saturated heterocycles. The van der Waals surface area contributed by atoms with Crippen LogP contribution in [0.3, 0.4) is 0 Å². The van der Waals surface area contributed by atoms with E-state index in [9.17, 15) is 4.39 Å². The van der Waals surface area contributed by atoms with Crippen LogP contribution < -0.4 is 10.5 Å². The van der Waals surface area contributed by atoms with Crippen LogP contribution in [0, 0.1) is 9.39 Å². The molecule has 0 aliphatic rings. The monoisotopic (exact) mass is 357 g/mol. The Morgan fingerprint density at radius 3 is 2.50 bits per heavy atom. The fraction of sp³-hybridized carbons (Fsp3) is 0.143. The Balaban J connectivity index is 2.12. The Kier molecular flexibility index (Phi) is 4.54. The van der Waals surface area contributed by atoms with Gasteiger partial charge in [0.05, 0.1) is 0 Å². The molecule has 0 amide bonds. The van der Waals surface area contributed by atoms with Crippen LogP contribution in [0.4, 0.5) is 4.39 Å². The average Bonchev–Trinajstić information content (AvgIpc) is 2.39. The standard InChI is InChI=1S/C14H13FINO/c15-13-3-1-2-11(8-17)14(13)18-9-10-4-6-12(16)7-5-10/h1-7H,8-9,17H2. The highest BCUT2D eigenvalue weighted by atomic mass is 127. The first-order valence-corrected chi connectivity index (χ1v) is 6.63. The maximum atomic E-state index is 13.6. The van der Waals surface area contributed by atoms with E-state index in [-0.39, 0.29) is 18.1 Å². The zero-order chi connectivity index (χ0) is 13.0. The lowest BCUT2D eigenvalue weighted by Crippen LogP contribution is -2.04. The molecule has 2 N–H and O–H groups in total. The van der Waals surface area contributed by atoms with Gasteiger partial charge >= 0.3 is 0 Å². The fourth-order valence-electron chi connectivity index (χ4n) is 1.61.